The van der Waals surface area contributed by atoms with Crippen LogP contribution in [0.15, 0.2) is 17.1 Å². The molecule has 1 rings (SSSR count). The molecule has 1 heterocycles. The number of aromatic amines is 1. The fraction of sp³-hybridized carbons (Fsp3) is 0.500. The van der Waals surface area contributed by atoms with E-state index in [9.17, 15) is 4.79 Å². The lowest BCUT2D eigenvalue weighted by Gasteiger charge is -2.17. The molecular weight excluding hydrogens is 150 g/mol. The van der Waals surface area contributed by atoms with Crippen molar-refractivity contribution in [1.82, 2.24) is 4.98 Å². The van der Waals surface area contributed by atoms with Crippen LogP contribution in [0.4, 0.5) is 0 Å². The first-order valence-electron chi connectivity index (χ1n) is 4.11. The summed E-state index contributed by atoms with van der Waals surface area (Å²) in [5.41, 5.74) is 1.81. The normalized spacial score (nSPS) is 11.7. The Labute approximate surface area is 72.6 Å². The highest BCUT2D eigenvalue weighted by molar-refractivity contribution is 5.20. The van der Waals surface area contributed by atoms with E-state index in [1.54, 1.807) is 12.3 Å². The predicted octanol–water partition coefficient (Wildman–Crippen LogP) is 1.98. The highest BCUT2D eigenvalue weighted by atomic mass is 16.1. The Morgan fingerprint density at radius 3 is 2.33 bits per heavy atom. The molecule has 2 heteroatoms. The van der Waals surface area contributed by atoms with Crippen LogP contribution in [0.5, 0.6) is 0 Å². The summed E-state index contributed by atoms with van der Waals surface area (Å²) in [6, 6.07) is 1.64. The van der Waals surface area contributed by atoms with Gasteiger partial charge < -0.3 is 4.98 Å². The molecule has 0 aliphatic carbocycles. The highest BCUT2D eigenvalue weighted by Crippen LogP contribution is 2.17. The number of nitrogens with one attached hydrogen (secondary N) is 1. The molecule has 0 amide bonds. The van der Waals surface area contributed by atoms with Gasteiger partial charge in [-0.25, -0.2) is 0 Å². The molecule has 1 N–H and O–H groups in total. The fourth-order valence-electron chi connectivity index (χ4n) is 1.16. The summed E-state index contributed by atoms with van der Waals surface area (Å²) in [5.74, 6) is 0. The molecule has 0 saturated heterocycles. The third-order valence-electron chi connectivity index (χ3n) is 1.87. The molecule has 0 radical (unpaired) electrons. The molecule has 0 saturated carbocycles. The molecule has 2 nitrogen and oxygen atoms in total. The Balaban J connectivity index is 3.29. The maximum absolute atomic E-state index is 11.5. The number of rotatable bonds is 0. The summed E-state index contributed by atoms with van der Waals surface area (Å²) >= 11 is 0. The standard InChI is InChI=1S/C10H15NO/c1-7-5-9(12)8(6-11-7)10(2,3)4/h5-6H,1-4H3,(H,11,12). The monoisotopic (exact) mass is 165 g/mol. The predicted molar refractivity (Wildman–Crippen MR) is 50.5 cm³/mol. The maximum atomic E-state index is 11.5. The van der Waals surface area contributed by atoms with Crippen LogP contribution in [0.2, 0.25) is 0 Å². The molecule has 12 heavy (non-hydrogen) atoms. The largest absolute Gasteiger partial charge is 0.365 e. The fourth-order valence-corrected chi connectivity index (χ4v) is 1.16. The number of aryl methyl sites for hydroxylation is 1. The molecule has 1 aromatic rings. The van der Waals surface area contributed by atoms with Crippen molar-refractivity contribution in [3.05, 3.63) is 33.7 Å². The summed E-state index contributed by atoms with van der Waals surface area (Å²) in [5, 5.41) is 0. The van der Waals surface area contributed by atoms with Crippen molar-refractivity contribution in [1.29, 1.82) is 0 Å². The smallest absolute Gasteiger partial charge is 0.185 e. The van der Waals surface area contributed by atoms with Gasteiger partial charge in [-0.15, -0.1) is 0 Å². The molecule has 0 fully saturated rings. The van der Waals surface area contributed by atoms with E-state index in [0.717, 1.165) is 11.3 Å². The first kappa shape index (κ1) is 9.04. The minimum atomic E-state index is -0.0682. The lowest BCUT2D eigenvalue weighted by atomic mass is 9.88. The van der Waals surface area contributed by atoms with E-state index in [1.807, 2.05) is 27.7 Å². The van der Waals surface area contributed by atoms with Crippen LogP contribution in [0.1, 0.15) is 32.0 Å². The zero-order valence-electron chi connectivity index (χ0n) is 8.06. The van der Waals surface area contributed by atoms with Crippen LogP contribution >= 0.6 is 0 Å². The molecule has 1 aromatic heterocycles. The van der Waals surface area contributed by atoms with Gasteiger partial charge in [-0.3, -0.25) is 4.79 Å². The Hall–Kier alpha value is -1.05. The Kier molecular flexibility index (Phi) is 2.09. The number of pyridine rings is 1. The van der Waals surface area contributed by atoms with Gasteiger partial charge in [-0.1, -0.05) is 20.8 Å². The van der Waals surface area contributed by atoms with Crippen LogP contribution in [0.25, 0.3) is 0 Å². The molecule has 0 spiro atoms. The van der Waals surface area contributed by atoms with Crippen molar-refractivity contribution in [2.75, 3.05) is 0 Å². The van der Waals surface area contributed by atoms with Crippen molar-refractivity contribution >= 4 is 0 Å². The van der Waals surface area contributed by atoms with Crippen LogP contribution in [0, 0.1) is 6.92 Å². The number of aromatic nitrogens is 1. The Morgan fingerprint density at radius 2 is 1.92 bits per heavy atom. The summed E-state index contributed by atoms with van der Waals surface area (Å²) in [7, 11) is 0. The SMILES string of the molecule is Cc1cc(=O)c(C(C)(C)C)c[nH]1. The molecular formula is C10H15NO. The molecule has 66 valence electrons. The van der Waals surface area contributed by atoms with Crippen LogP contribution in [-0.2, 0) is 5.41 Å². The molecule has 0 atom stereocenters. The van der Waals surface area contributed by atoms with E-state index in [0.29, 0.717) is 0 Å². The van der Waals surface area contributed by atoms with E-state index in [2.05, 4.69) is 4.98 Å². The Morgan fingerprint density at radius 1 is 1.33 bits per heavy atom. The van der Waals surface area contributed by atoms with Crippen LogP contribution < -0.4 is 5.43 Å². The lowest BCUT2D eigenvalue weighted by Crippen LogP contribution is -2.22. The Bertz CT molecular complexity index is 330. The molecule has 0 unspecified atom stereocenters. The van der Waals surface area contributed by atoms with Gasteiger partial charge in [0.25, 0.3) is 0 Å². The van der Waals surface area contributed by atoms with Crippen molar-refractivity contribution in [2.45, 2.75) is 33.1 Å². The van der Waals surface area contributed by atoms with Gasteiger partial charge in [0.1, 0.15) is 0 Å². The van der Waals surface area contributed by atoms with Crippen molar-refractivity contribution in [3.63, 3.8) is 0 Å². The summed E-state index contributed by atoms with van der Waals surface area (Å²) < 4.78 is 0. The topological polar surface area (TPSA) is 32.9 Å². The second-order valence-corrected chi connectivity index (χ2v) is 4.14. The van der Waals surface area contributed by atoms with Crippen molar-refractivity contribution in [2.24, 2.45) is 0 Å². The van der Waals surface area contributed by atoms with Crippen LogP contribution in [0.3, 0.4) is 0 Å². The van der Waals surface area contributed by atoms with Gasteiger partial charge >= 0.3 is 0 Å². The third-order valence-corrected chi connectivity index (χ3v) is 1.87. The number of hydrogen-bond donors (Lipinski definition) is 1. The number of H-pyrrole nitrogens is 1. The van der Waals surface area contributed by atoms with E-state index in [1.165, 1.54) is 0 Å². The lowest BCUT2D eigenvalue weighted by molar-refractivity contribution is 0.582. The second-order valence-electron chi connectivity index (χ2n) is 4.14. The summed E-state index contributed by atoms with van der Waals surface area (Å²) in [4.78, 5) is 14.5. The zero-order chi connectivity index (χ0) is 9.35. The maximum Gasteiger partial charge on any atom is 0.185 e. The molecule has 0 aliphatic rings. The van der Waals surface area contributed by atoms with Gasteiger partial charge in [-0.05, 0) is 12.3 Å². The van der Waals surface area contributed by atoms with Gasteiger partial charge in [0.05, 0.1) is 0 Å². The first-order chi connectivity index (χ1) is 5.41. The second kappa shape index (κ2) is 2.77. The zero-order valence-corrected chi connectivity index (χ0v) is 8.06. The minimum absolute atomic E-state index is 0.0682. The average molecular weight is 165 g/mol. The van der Waals surface area contributed by atoms with E-state index < -0.39 is 0 Å². The van der Waals surface area contributed by atoms with E-state index >= 15 is 0 Å². The highest BCUT2D eigenvalue weighted by Gasteiger charge is 2.16. The van der Waals surface area contributed by atoms with Crippen LogP contribution in [-0.4, -0.2) is 4.98 Å². The van der Waals surface area contributed by atoms with Gasteiger partial charge in [0.2, 0.25) is 0 Å². The van der Waals surface area contributed by atoms with Gasteiger partial charge in [0, 0.05) is 23.5 Å². The van der Waals surface area contributed by atoms with E-state index in [-0.39, 0.29) is 10.8 Å². The molecule has 0 aromatic carbocycles. The van der Waals surface area contributed by atoms with E-state index in [4.69, 9.17) is 0 Å². The molecule has 0 aliphatic heterocycles. The minimum Gasteiger partial charge on any atom is -0.365 e. The summed E-state index contributed by atoms with van der Waals surface area (Å²) in [6.07, 6.45) is 1.80. The van der Waals surface area contributed by atoms with Gasteiger partial charge in [-0.2, -0.15) is 0 Å². The first-order valence-corrected chi connectivity index (χ1v) is 4.11. The third kappa shape index (κ3) is 1.76. The van der Waals surface area contributed by atoms with Crippen molar-refractivity contribution < 1.29 is 0 Å². The van der Waals surface area contributed by atoms with Gasteiger partial charge in [0.15, 0.2) is 5.43 Å². The van der Waals surface area contributed by atoms with Crippen molar-refractivity contribution in [3.8, 4) is 0 Å². The average Bonchev–Trinajstić information content (AvgIpc) is 1.83. The summed E-state index contributed by atoms with van der Waals surface area (Å²) in [6.45, 7) is 7.99. The quantitative estimate of drug-likeness (QED) is 0.626. The number of hydrogen-bond acceptors (Lipinski definition) is 1. The molecule has 0 bridgehead atoms.